The lowest BCUT2D eigenvalue weighted by Crippen LogP contribution is -2.50. The summed E-state index contributed by atoms with van der Waals surface area (Å²) in [5, 5.41) is 0.844. The molecule has 1 atom stereocenters. The van der Waals surface area contributed by atoms with Crippen LogP contribution in [0.2, 0.25) is 10.0 Å². The Balaban J connectivity index is 1.87. The molecule has 0 N–H and O–H groups in total. The van der Waals surface area contributed by atoms with E-state index in [2.05, 4.69) is 0 Å². The van der Waals surface area contributed by atoms with E-state index in [0.29, 0.717) is 21.5 Å². The second kappa shape index (κ2) is 7.56. The third-order valence-electron chi connectivity index (χ3n) is 4.13. The van der Waals surface area contributed by atoms with Gasteiger partial charge in [-0.2, -0.15) is 0 Å². The number of halogens is 2. The van der Waals surface area contributed by atoms with E-state index in [1.807, 2.05) is 12.1 Å². The first-order chi connectivity index (χ1) is 12.4. The highest BCUT2D eigenvalue weighted by Crippen LogP contribution is 2.34. The van der Waals surface area contributed by atoms with Crippen LogP contribution in [-0.2, 0) is 16.0 Å². The maximum Gasteiger partial charge on any atom is 0.265 e. The summed E-state index contributed by atoms with van der Waals surface area (Å²) in [6.45, 7) is 0.161. The molecule has 0 saturated heterocycles. The molecule has 2 amide bonds. The Bertz CT molecular complexity index is 854. The number of ether oxygens (including phenoxy) is 1. The fraction of sp³-hybridized carbons (Fsp3) is 0.263. The van der Waals surface area contributed by atoms with Gasteiger partial charge < -0.3 is 14.5 Å². The fourth-order valence-corrected chi connectivity index (χ4v) is 3.13. The van der Waals surface area contributed by atoms with Crippen LogP contribution in [0.1, 0.15) is 5.56 Å². The van der Waals surface area contributed by atoms with E-state index in [1.165, 1.54) is 4.90 Å². The van der Waals surface area contributed by atoms with E-state index >= 15 is 0 Å². The Morgan fingerprint density at radius 2 is 1.88 bits per heavy atom. The second-order valence-electron chi connectivity index (χ2n) is 6.24. The number of anilines is 1. The van der Waals surface area contributed by atoms with Crippen LogP contribution in [0.15, 0.2) is 42.5 Å². The van der Waals surface area contributed by atoms with Crippen LogP contribution < -0.4 is 9.64 Å². The zero-order valence-corrected chi connectivity index (χ0v) is 15.9. The summed E-state index contributed by atoms with van der Waals surface area (Å²) in [6.07, 6.45) is -0.591. The number of benzene rings is 2. The molecule has 1 unspecified atom stereocenters. The molecule has 0 fully saturated rings. The number of likely N-dealkylation sites (N-methyl/N-ethyl adjacent to an activating group) is 1. The summed E-state index contributed by atoms with van der Waals surface area (Å²) >= 11 is 12.0. The largest absolute Gasteiger partial charge is 0.476 e. The van der Waals surface area contributed by atoms with E-state index in [-0.39, 0.29) is 24.8 Å². The fourth-order valence-electron chi connectivity index (χ4n) is 2.81. The van der Waals surface area contributed by atoms with Gasteiger partial charge in [0.2, 0.25) is 5.91 Å². The zero-order valence-electron chi connectivity index (χ0n) is 14.4. The summed E-state index contributed by atoms with van der Waals surface area (Å²) < 4.78 is 5.80. The second-order valence-corrected chi connectivity index (χ2v) is 7.05. The van der Waals surface area contributed by atoms with Gasteiger partial charge in [0.15, 0.2) is 6.10 Å². The molecule has 0 radical (unpaired) electrons. The maximum absolute atomic E-state index is 12.9. The molecular weight excluding hydrogens is 375 g/mol. The molecule has 26 heavy (non-hydrogen) atoms. The van der Waals surface area contributed by atoms with Gasteiger partial charge in [-0.1, -0.05) is 41.4 Å². The van der Waals surface area contributed by atoms with Crippen molar-refractivity contribution >= 4 is 40.7 Å². The van der Waals surface area contributed by atoms with E-state index < -0.39 is 6.10 Å². The zero-order chi connectivity index (χ0) is 18.8. The quantitative estimate of drug-likeness (QED) is 0.803. The molecule has 0 aromatic heterocycles. The molecule has 0 aliphatic carbocycles. The smallest absolute Gasteiger partial charge is 0.265 e. The summed E-state index contributed by atoms with van der Waals surface area (Å²) in [6, 6.07) is 12.3. The van der Waals surface area contributed by atoms with Gasteiger partial charge in [-0.3, -0.25) is 9.59 Å². The molecule has 7 heteroatoms. The van der Waals surface area contributed by atoms with Gasteiger partial charge in [0.1, 0.15) is 5.75 Å². The lowest BCUT2D eigenvalue weighted by atomic mass is 10.1. The predicted octanol–water partition coefficient (Wildman–Crippen LogP) is 3.42. The van der Waals surface area contributed by atoms with Crippen molar-refractivity contribution < 1.29 is 14.3 Å². The number of amides is 2. The highest BCUT2D eigenvalue weighted by Gasteiger charge is 2.34. The Kier molecular flexibility index (Phi) is 5.39. The van der Waals surface area contributed by atoms with Crippen LogP contribution in [-0.4, -0.2) is 43.5 Å². The number of para-hydroxylation sites is 2. The summed E-state index contributed by atoms with van der Waals surface area (Å²) in [4.78, 5) is 28.3. The summed E-state index contributed by atoms with van der Waals surface area (Å²) in [5.41, 5.74) is 1.41. The van der Waals surface area contributed by atoms with Crippen molar-refractivity contribution in [1.29, 1.82) is 0 Å². The first kappa shape index (κ1) is 18.5. The van der Waals surface area contributed by atoms with Gasteiger partial charge >= 0.3 is 0 Å². The number of fused-ring (bicyclic) bond motifs is 1. The number of rotatable bonds is 3. The Hall–Kier alpha value is -2.24. The minimum absolute atomic E-state index is 0.143. The SMILES string of the molecule is CN(C)C(=O)C1CN(C(=O)Cc2ccc(Cl)c(Cl)c2)c2ccccc2O1. The molecule has 1 aliphatic rings. The predicted molar refractivity (Wildman–Crippen MR) is 102 cm³/mol. The molecular formula is C19H18Cl2N2O3. The highest BCUT2D eigenvalue weighted by molar-refractivity contribution is 6.42. The van der Waals surface area contributed by atoms with Crippen LogP contribution >= 0.6 is 23.2 Å². The highest BCUT2D eigenvalue weighted by atomic mass is 35.5. The number of carbonyl (C=O) groups excluding carboxylic acids is 2. The van der Waals surface area contributed by atoms with E-state index in [4.69, 9.17) is 27.9 Å². The van der Waals surface area contributed by atoms with Gasteiger partial charge in [-0.15, -0.1) is 0 Å². The van der Waals surface area contributed by atoms with E-state index in [1.54, 1.807) is 49.3 Å². The van der Waals surface area contributed by atoms with Crippen LogP contribution in [0.25, 0.3) is 0 Å². The van der Waals surface area contributed by atoms with Crippen molar-refractivity contribution in [1.82, 2.24) is 4.90 Å². The van der Waals surface area contributed by atoms with Gasteiger partial charge in [-0.05, 0) is 29.8 Å². The van der Waals surface area contributed by atoms with Crippen LogP contribution in [0.5, 0.6) is 5.75 Å². The Morgan fingerprint density at radius 1 is 1.15 bits per heavy atom. The van der Waals surface area contributed by atoms with Crippen LogP contribution in [0, 0.1) is 0 Å². The Labute approximate surface area is 162 Å². The number of carbonyl (C=O) groups is 2. The molecule has 1 aliphatic heterocycles. The molecule has 136 valence electrons. The van der Waals surface area contributed by atoms with Gasteiger partial charge in [0, 0.05) is 14.1 Å². The van der Waals surface area contributed by atoms with Gasteiger partial charge in [0.05, 0.1) is 28.7 Å². The molecule has 2 aromatic rings. The molecule has 0 saturated carbocycles. The average Bonchev–Trinajstić information content (AvgIpc) is 2.63. The Morgan fingerprint density at radius 3 is 2.58 bits per heavy atom. The molecule has 2 aromatic carbocycles. The minimum Gasteiger partial charge on any atom is -0.476 e. The molecule has 1 heterocycles. The first-order valence-corrected chi connectivity index (χ1v) is 8.83. The lowest BCUT2D eigenvalue weighted by molar-refractivity contribution is -0.136. The third-order valence-corrected chi connectivity index (χ3v) is 4.87. The van der Waals surface area contributed by atoms with Crippen molar-refractivity contribution in [3.05, 3.63) is 58.1 Å². The topological polar surface area (TPSA) is 49.9 Å². The first-order valence-electron chi connectivity index (χ1n) is 8.08. The third kappa shape index (κ3) is 3.79. The normalized spacial score (nSPS) is 15.8. The standard InChI is InChI=1S/C19H18Cl2N2O3/c1-22(2)19(25)17-11-23(15-5-3-4-6-16(15)26-17)18(24)10-12-7-8-13(20)14(21)9-12/h3-9,17H,10-11H2,1-2H3. The molecule has 0 bridgehead atoms. The molecule has 5 nitrogen and oxygen atoms in total. The van der Waals surface area contributed by atoms with Crippen molar-refractivity contribution in [2.24, 2.45) is 0 Å². The van der Waals surface area contributed by atoms with Crippen LogP contribution in [0.3, 0.4) is 0 Å². The van der Waals surface area contributed by atoms with Crippen molar-refractivity contribution in [3.63, 3.8) is 0 Å². The lowest BCUT2D eigenvalue weighted by Gasteiger charge is -2.35. The monoisotopic (exact) mass is 392 g/mol. The van der Waals surface area contributed by atoms with E-state index in [9.17, 15) is 9.59 Å². The van der Waals surface area contributed by atoms with Gasteiger partial charge in [0.25, 0.3) is 5.91 Å². The van der Waals surface area contributed by atoms with E-state index in [0.717, 1.165) is 5.56 Å². The number of hydrogen-bond acceptors (Lipinski definition) is 3. The number of nitrogens with zero attached hydrogens (tertiary/aromatic N) is 2. The summed E-state index contributed by atoms with van der Waals surface area (Å²) in [7, 11) is 3.32. The number of hydrogen-bond donors (Lipinski definition) is 0. The molecule has 0 spiro atoms. The summed E-state index contributed by atoms with van der Waals surface area (Å²) in [5.74, 6) is 0.184. The molecule has 3 rings (SSSR count). The minimum atomic E-state index is -0.738. The van der Waals surface area contributed by atoms with Crippen LogP contribution in [0.4, 0.5) is 5.69 Å². The van der Waals surface area contributed by atoms with Crippen molar-refractivity contribution in [2.75, 3.05) is 25.5 Å². The average molecular weight is 393 g/mol. The van der Waals surface area contributed by atoms with Crippen molar-refractivity contribution in [3.8, 4) is 5.75 Å². The van der Waals surface area contributed by atoms with Gasteiger partial charge in [-0.25, -0.2) is 0 Å². The maximum atomic E-state index is 12.9. The van der Waals surface area contributed by atoms with Crippen molar-refractivity contribution in [2.45, 2.75) is 12.5 Å².